The summed E-state index contributed by atoms with van der Waals surface area (Å²) in [6.07, 6.45) is -0.0563. The molecule has 0 amide bonds. The maximum absolute atomic E-state index is 5.84. The summed E-state index contributed by atoms with van der Waals surface area (Å²) in [5.41, 5.74) is 8.10. The van der Waals surface area contributed by atoms with Crippen molar-refractivity contribution < 1.29 is 9.47 Å². The van der Waals surface area contributed by atoms with Crippen LogP contribution in [0.25, 0.3) is 0 Å². The first-order chi connectivity index (χ1) is 8.45. The van der Waals surface area contributed by atoms with Crippen LogP contribution < -0.4 is 10.5 Å². The number of aryl methyl sites for hydroxylation is 2. The monoisotopic (exact) mass is 268 g/mol. The van der Waals surface area contributed by atoms with Gasteiger partial charge in [-0.15, -0.1) is 0 Å². The average molecular weight is 268 g/mol. The van der Waals surface area contributed by atoms with Gasteiger partial charge < -0.3 is 15.2 Å². The molecule has 0 bridgehead atoms. The smallest absolute Gasteiger partial charge is 0.133 e. The number of nitrogens with two attached hydrogens (primary N) is 1. The van der Waals surface area contributed by atoms with Crippen LogP contribution in [0, 0.1) is 13.8 Å². The van der Waals surface area contributed by atoms with Crippen LogP contribution in [0.15, 0.2) is 6.07 Å². The maximum Gasteiger partial charge on any atom is 0.133 e. The van der Waals surface area contributed by atoms with Crippen LogP contribution in [0.5, 0.6) is 5.75 Å². The Morgan fingerprint density at radius 2 is 2.17 bits per heavy atom. The normalized spacial score (nSPS) is 12.2. The first-order valence-corrected chi connectivity index (χ1v) is 6.39. The van der Waals surface area contributed by atoms with Gasteiger partial charge in [-0.25, -0.2) is 0 Å². The zero-order valence-electron chi connectivity index (χ0n) is 11.3. The van der Waals surface area contributed by atoms with Gasteiger partial charge in [0.2, 0.25) is 0 Å². The van der Waals surface area contributed by atoms with Crippen LogP contribution in [0.1, 0.15) is 30.8 Å². The van der Waals surface area contributed by atoms with Gasteiger partial charge in [-0.05, 0) is 27.7 Å². The lowest BCUT2D eigenvalue weighted by Crippen LogP contribution is -2.22. The highest BCUT2D eigenvalue weighted by atomic mass is 32.1. The summed E-state index contributed by atoms with van der Waals surface area (Å²) in [6.45, 7) is 8.90. The molecule has 0 aliphatic rings. The molecule has 0 aromatic carbocycles. The van der Waals surface area contributed by atoms with Gasteiger partial charge >= 0.3 is 0 Å². The number of hydrogen-bond donors (Lipinski definition) is 1. The van der Waals surface area contributed by atoms with Crippen molar-refractivity contribution in [2.45, 2.75) is 33.8 Å². The molecule has 1 atom stereocenters. The Labute approximate surface area is 113 Å². The molecule has 1 heterocycles. The molecule has 1 unspecified atom stereocenters. The summed E-state index contributed by atoms with van der Waals surface area (Å²) in [6, 6.07) is 1.85. The number of thiocarbonyl (C=S) groups is 1. The molecule has 1 aromatic heterocycles. The second kappa shape index (κ2) is 6.66. The molecule has 0 aliphatic carbocycles. The minimum absolute atomic E-state index is 0.0563. The van der Waals surface area contributed by atoms with Crippen molar-refractivity contribution in [1.29, 1.82) is 0 Å². The Morgan fingerprint density at radius 1 is 1.50 bits per heavy atom. The van der Waals surface area contributed by atoms with Gasteiger partial charge in [-0.3, -0.25) is 4.98 Å². The molecule has 0 radical (unpaired) electrons. The summed E-state index contributed by atoms with van der Waals surface area (Å²) in [7, 11) is 0. The summed E-state index contributed by atoms with van der Waals surface area (Å²) in [5, 5.41) is 0. The molecule has 100 valence electrons. The molecule has 2 N–H and O–H groups in total. The van der Waals surface area contributed by atoms with Crippen molar-refractivity contribution in [1.82, 2.24) is 4.98 Å². The van der Waals surface area contributed by atoms with Crippen molar-refractivity contribution in [2.75, 3.05) is 13.2 Å². The third-order valence-electron chi connectivity index (χ3n) is 2.42. The molecular weight excluding hydrogens is 248 g/mol. The van der Waals surface area contributed by atoms with Crippen LogP contribution >= 0.6 is 12.2 Å². The first kappa shape index (κ1) is 14.9. The highest BCUT2D eigenvalue weighted by molar-refractivity contribution is 7.80. The Bertz CT molecular complexity index is 435. The van der Waals surface area contributed by atoms with E-state index < -0.39 is 0 Å². The highest BCUT2D eigenvalue weighted by Crippen LogP contribution is 2.23. The van der Waals surface area contributed by atoms with E-state index in [-0.39, 0.29) is 6.10 Å². The molecule has 0 saturated heterocycles. The van der Waals surface area contributed by atoms with Crippen LogP contribution in [-0.4, -0.2) is 29.3 Å². The second-order valence-corrected chi connectivity index (χ2v) is 4.61. The Hall–Kier alpha value is -1.20. The molecule has 1 rings (SSSR count). The van der Waals surface area contributed by atoms with Crippen LogP contribution in [-0.2, 0) is 4.74 Å². The van der Waals surface area contributed by atoms with E-state index in [2.05, 4.69) is 4.98 Å². The molecule has 5 heteroatoms. The average Bonchev–Trinajstić information content (AvgIpc) is 2.24. The minimum Gasteiger partial charge on any atom is -0.487 e. The number of hydrogen-bond acceptors (Lipinski definition) is 4. The van der Waals surface area contributed by atoms with E-state index in [0.29, 0.717) is 29.5 Å². The predicted molar refractivity (Wildman–Crippen MR) is 76.2 cm³/mol. The summed E-state index contributed by atoms with van der Waals surface area (Å²) < 4.78 is 11.2. The topological polar surface area (TPSA) is 57.4 Å². The third-order valence-corrected chi connectivity index (χ3v) is 2.63. The first-order valence-electron chi connectivity index (χ1n) is 5.98. The van der Waals surface area contributed by atoms with Gasteiger partial charge in [0, 0.05) is 18.4 Å². The molecule has 18 heavy (non-hydrogen) atoms. The lowest BCUT2D eigenvalue weighted by molar-refractivity contribution is 0.0655. The second-order valence-electron chi connectivity index (χ2n) is 4.17. The van der Waals surface area contributed by atoms with Crippen molar-refractivity contribution in [3.8, 4) is 5.75 Å². The predicted octanol–water partition coefficient (Wildman–Crippen LogP) is 2.14. The maximum atomic E-state index is 5.84. The number of nitrogens with zero attached hydrogens (tertiary/aromatic N) is 1. The fourth-order valence-electron chi connectivity index (χ4n) is 1.72. The van der Waals surface area contributed by atoms with Gasteiger partial charge in [-0.2, -0.15) is 0 Å². The number of aromatic nitrogens is 1. The van der Waals surface area contributed by atoms with Crippen LogP contribution in [0.2, 0.25) is 0 Å². The van der Waals surface area contributed by atoms with Gasteiger partial charge in [0.15, 0.2) is 0 Å². The van der Waals surface area contributed by atoms with Crippen molar-refractivity contribution in [3.63, 3.8) is 0 Å². The minimum atomic E-state index is -0.0563. The van der Waals surface area contributed by atoms with Crippen LogP contribution in [0.3, 0.4) is 0 Å². The Morgan fingerprint density at radius 3 is 2.72 bits per heavy atom. The quantitative estimate of drug-likeness (QED) is 0.801. The number of pyridine rings is 1. The van der Waals surface area contributed by atoms with E-state index in [0.717, 1.165) is 11.4 Å². The van der Waals surface area contributed by atoms with E-state index in [4.69, 9.17) is 27.4 Å². The number of rotatable bonds is 6. The standard InChI is InChI=1S/C13H20N2O2S/c1-5-16-7-9(3)17-11-6-8(2)15-10(4)12(11)13(14)18/h6,9H,5,7H2,1-4H3,(H2,14,18). The molecule has 1 aromatic rings. The van der Waals surface area contributed by atoms with E-state index in [9.17, 15) is 0 Å². The van der Waals surface area contributed by atoms with Gasteiger partial charge in [0.25, 0.3) is 0 Å². The zero-order chi connectivity index (χ0) is 13.7. The van der Waals surface area contributed by atoms with Gasteiger partial charge in [0.1, 0.15) is 16.8 Å². The summed E-state index contributed by atoms with van der Waals surface area (Å²) in [4.78, 5) is 4.65. The van der Waals surface area contributed by atoms with E-state index in [1.807, 2.05) is 33.8 Å². The molecule has 0 spiro atoms. The lowest BCUT2D eigenvalue weighted by atomic mass is 10.1. The summed E-state index contributed by atoms with van der Waals surface area (Å²) >= 11 is 5.05. The third kappa shape index (κ3) is 3.92. The highest BCUT2D eigenvalue weighted by Gasteiger charge is 2.14. The van der Waals surface area contributed by atoms with Gasteiger partial charge in [0.05, 0.1) is 17.9 Å². The molecule has 4 nitrogen and oxygen atoms in total. The zero-order valence-corrected chi connectivity index (χ0v) is 12.1. The molecular formula is C13H20N2O2S. The molecule has 0 saturated carbocycles. The van der Waals surface area contributed by atoms with Crippen molar-refractivity contribution >= 4 is 17.2 Å². The van der Waals surface area contributed by atoms with E-state index >= 15 is 0 Å². The fourth-order valence-corrected chi connectivity index (χ4v) is 1.97. The SMILES string of the molecule is CCOCC(C)Oc1cc(C)nc(C)c1C(N)=S. The fraction of sp³-hybridized carbons (Fsp3) is 0.538. The number of ether oxygens (including phenoxy) is 2. The van der Waals surface area contributed by atoms with Crippen molar-refractivity contribution in [3.05, 3.63) is 23.0 Å². The largest absolute Gasteiger partial charge is 0.487 e. The Kier molecular flexibility index (Phi) is 5.50. The van der Waals surface area contributed by atoms with Crippen LogP contribution in [0.4, 0.5) is 0 Å². The van der Waals surface area contributed by atoms with E-state index in [1.54, 1.807) is 0 Å². The van der Waals surface area contributed by atoms with E-state index in [1.165, 1.54) is 0 Å². The molecule has 0 fully saturated rings. The Balaban J connectivity index is 2.96. The molecule has 0 aliphatic heterocycles. The van der Waals surface area contributed by atoms with Crippen molar-refractivity contribution in [2.24, 2.45) is 5.73 Å². The lowest BCUT2D eigenvalue weighted by Gasteiger charge is -2.18. The summed E-state index contributed by atoms with van der Waals surface area (Å²) in [5.74, 6) is 0.680. The van der Waals surface area contributed by atoms with Gasteiger partial charge in [-0.1, -0.05) is 12.2 Å².